The molecule has 0 bridgehead atoms. The summed E-state index contributed by atoms with van der Waals surface area (Å²) in [5, 5.41) is 37.6. The van der Waals surface area contributed by atoms with Crippen molar-refractivity contribution in [1.82, 2.24) is 0 Å². The molecule has 0 unspecified atom stereocenters. The molecule has 0 heterocycles. The number of hydrogen-bond acceptors (Lipinski definition) is 6. The average Bonchev–Trinajstić information content (AvgIpc) is 2.28. The molecular weight excluding hydrogens is 228 g/mol. The summed E-state index contributed by atoms with van der Waals surface area (Å²) in [6.45, 7) is 1.36. The van der Waals surface area contributed by atoms with Crippen LogP contribution in [0.2, 0.25) is 0 Å². The van der Waals surface area contributed by atoms with E-state index in [9.17, 15) is 30.0 Å². The number of hydrogen-bond donors (Lipinski definition) is 4. The SMILES string of the molecule is CC1=CC(=O)c2c(O)c(O)c(O)c(O)c2C1=O. The number of carbonyl (C=O) groups excluding carboxylic acids is 2. The van der Waals surface area contributed by atoms with Crippen molar-refractivity contribution >= 4 is 11.6 Å². The van der Waals surface area contributed by atoms with Gasteiger partial charge >= 0.3 is 0 Å². The highest BCUT2D eigenvalue weighted by molar-refractivity contribution is 6.27. The molecule has 6 heteroatoms. The third kappa shape index (κ3) is 1.27. The lowest BCUT2D eigenvalue weighted by Gasteiger charge is -2.17. The molecule has 88 valence electrons. The fraction of sp³-hybridized carbons (Fsp3) is 0.0909. The molecule has 17 heavy (non-hydrogen) atoms. The normalized spacial score (nSPS) is 14.5. The van der Waals surface area contributed by atoms with Crippen LogP contribution in [0.4, 0.5) is 0 Å². The van der Waals surface area contributed by atoms with Crippen molar-refractivity contribution < 1.29 is 30.0 Å². The molecule has 4 N–H and O–H groups in total. The molecule has 0 spiro atoms. The largest absolute Gasteiger partial charge is 0.504 e. The fourth-order valence-corrected chi connectivity index (χ4v) is 1.69. The van der Waals surface area contributed by atoms with Crippen LogP contribution in [0.3, 0.4) is 0 Å². The van der Waals surface area contributed by atoms with Crippen molar-refractivity contribution in [3.8, 4) is 23.0 Å². The first-order valence-electron chi connectivity index (χ1n) is 4.63. The van der Waals surface area contributed by atoms with E-state index < -0.39 is 45.7 Å². The second kappa shape index (κ2) is 3.24. The summed E-state index contributed by atoms with van der Waals surface area (Å²) < 4.78 is 0. The average molecular weight is 236 g/mol. The van der Waals surface area contributed by atoms with Crippen LogP contribution in [0.1, 0.15) is 27.6 Å². The quantitative estimate of drug-likeness (QED) is 0.392. The fourth-order valence-electron chi connectivity index (χ4n) is 1.69. The zero-order valence-electron chi connectivity index (χ0n) is 8.68. The van der Waals surface area contributed by atoms with Gasteiger partial charge in [-0.2, -0.15) is 0 Å². The maximum atomic E-state index is 11.7. The van der Waals surface area contributed by atoms with E-state index in [1.165, 1.54) is 6.92 Å². The first-order chi connectivity index (χ1) is 7.86. The third-order valence-electron chi connectivity index (χ3n) is 2.58. The highest BCUT2D eigenvalue weighted by Gasteiger charge is 2.34. The van der Waals surface area contributed by atoms with Gasteiger partial charge in [-0.1, -0.05) is 0 Å². The lowest BCUT2D eigenvalue weighted by atomic mass is 9.88. The van der Waals surface area contributed by atoms with Gasteiger partial charge in [-0.05, 0) is 13.0 Å². The van der Waals surface area contributed by atoms with Gasteiger partial charge in [-0.25, -0.2) is 0 Å². The number of rotatable bonds is 0. The van der Waals surface area contributed by atoms with E-state index in [-0.39, 0.29) is 5.57 Å². The van der Waals surface area contributed by atoms with Gasteiger partial charge in [0, 0.05) is 5.57 Å². The van der Waals surface area contributed by atoms with Crippen LogP contribution < -0.4 is 0 Å². The van der Waals surface area contributed by atoms with E-state index >= 15 is 0 Å². The molecule has 0 aromatic heterocycles. The summed E-state index contributed by atoms with van der Waals surface area (Å²) in [7, 11) is 0. The zero-order chi connectivity index (χ0) is 12.9. The number of fused-ring (bicyclic) bond motifs is 1. The molecular formula is C11H8O6. The van der Waals surface area contributed by atoms with E-state index in [1.807, 2.05) is 0 Å². The van der Waals surface area contributed by atoms with Gasteiger partial charge in [-0.3, -0.25) is 9.59 Å². The van der Waals surface area contributed by atoms with Crippen LogP contribution in [0.25, 0.3) is 0 Å². The Morgan fingerprint density at radius 1 is 0.824 bits per heavy atom. The Kier molecular flexibility index (Phi) is 2.10. The minimum absolute atomic E-state index is 0.0716. The number of phenolic OH excluding ortho intramolecular Hbond substituents is 4. The number of phenols is 4. The predicted octanol–water partition coefficient (Wildman–Crippen LogP) is 0.834. The molecule has 0 radical (unpaired) electrons. The van der Waals surface area contributed by atoms with Crippen molar-refractivity contribution in [2.24, 2.45) is 0 Å². The molecule has 2 rings (SSSR count). The maximum absolute atomic E-state index is 11.7. The molecule has 0 aliphatic heterocycles. The van der Waals surface area contributed by atoms with E-state index in [4.69, 9.17) is 0 Å². The van der Waals surface area contributed by atoms with Crippen molar-refractivity contribution in [3.05, 3.63) is 22.8 Å². The lowest BCUT2D eigenvalue weighted by molar-refractivity contribution is 0.0978. The minimum atomic E-state index is -1.03. The van der Waals surface area contributed by atoms with Gasteiger partial charge in [0.05, 0.1) is 11.1 Å². The Balaban J connectivity index is 2.93. The Bertz CT molecular complexity index is 597. The summed E-state index contributed by atoms with van der Waals surface area (Å²) in [4.78, 5) is 23.3. The van der Waals surface area contributed by atoms with Crippen LogP contribution in [-0.4, -0.2) is 32.0 Å². The molecule has 1 aliphatic rings. The van der Waals surface area contributed by atoms with Crippen LogP contribution in [0.15, 0.2) is 11.6 Å². The van der Waals surface area contributed by atoms with E-state index in [0.29, 0.717) is 0 Å². The monoisotopic (exact) mass is 236 g/mol. The molecule has 1 aliphatic carbocycles. The van der Waals surface area contributed by atoms with Crippen molar-refractivity contribution in [2.75, 3.05) is 0 Å². The van der Waals surface area contributed by atoms with Crippen molar-refractivity contribution in [1.29, 1.82) is 0 Å². The van der Waals surface area contributed by atoms with Gasteiger partial charge in [0.2, 0.25) is 11.5 Å². The highest BCUT2D eigenvalue weighted by Crippen LogP contribution is 2.48. The van der Waals surface area contributed by atoms with Gasteiger partial charge in [-0.15, -0.1) is 0 Å². The van der Waals surface area contributed by atoms with Crippen molar-refractivity contribution in [2.45, 2.75) is 6.92 Å². The molecule has 1 aromatic carbocycles. The maximum Gasteiger partial charge on any atom is 0.205 e. The van der Waals surface area contributed by atoms with E-state index in [2.05, 4.69) is 0 Å². The van der Waals surface area contributed by atoms with E-state index in [1.54, 1.807) is 0 Å². The summed E-state index contributed by atoms with van der Waals surface area (Å²) in [5.74, 6) is -5.31. The Labute approximate surface area is 95.1 Å². The number of allylic oxidation sites excluding steroid dienone is 2. The summed E-state index contributed by atoms with van der Waals surface area (Å²) in [5.41, 5.74) is -0.932. The number of Topliss-reactive ketones (excluding diaryl/α,β-unsaturated/α-hetero) is 1. The molecule has 6 nitrogen and oxygen atoms in total. The Morgan fingerprint density at radius 3 is 1.82 bits per heavy atom. The number of benzene rings is 1. The molecule has 0 saturated carbocycles. The van der Waals surface area contributed by atoms with Gasteiger partial charge in [0.25, 0.3) is 0 Å². The van der Waals surface area contributed by atoms with Gasteiger partial charge < -0.3 is 20.4 Å². The molecule has 1 aromatic rings. The molecule has 0 amide bonds. The van der Waals surface area contributed by atoms with Crippen LogP contribution in [0, 0.1) is 0 Å². The second-order valence-corrected chi connectivity index (χ2v) is 3.67. The van der Waals surface area contributed by atoms with Crippen LogP contribution in [0.5, 0.6) is 23.0 Å². The predicted molar refractivity (Wildman–Crippen MR) is 55.5 cm³/mol. The lowest BCUT2D eigenvalue weighted by Crippen LogP contribution is -2.16. The molecule has 0 atom stereocenters. The first-order valence-corrected chi connectivity index (χ1v) is 4.63. The molecule has 0 saturated heterocycles. The Hall–Kier alpha value is -2.50. The van der Waals surface area contributed by atoms with Crippen molar-refractivity contribution in [3.63, 3.8) is 0 Å². The van der Waals surface area contributed by atoms with Gasteiger partial charge in [0.1, 0.15) is 0 Å². The van der Waals surface area contributed by atoms with Crippen LogP contribution in [-0.2, 0) is 0 Å². The van der Waals surface area contributed by atoms with E-state index in [0.717, 1.165) is 6.08 Å². The minimum Gasteiger partial charge on any atom is -0.504 e. The number of carbonyl (C=O) groups is 2. The highest BCUT2D eigenvalue weighted by atomic mass is 16.3. The number of aromatic hydroxyl groups is 4. The molecule has 0 fully saturated rings. The summed E-state index contributed by atoms with van der Waals surface area (Å²) >= 11 is 0. The smallest absolute Gasteiger partial charge is 0.205 e. The summed E-state index contributed by atoms with van der Waals surface area (Å²) in [6, 6.07) is 0. The third-order valence-corrected chi connectivity index (χ3v) is 2.58. The van der Waals surface area contributed by atoms with Crippen LogP contribution >= 0.6 is 0 Å². The Morgan fingerprint density at radius 2 is 1.29 bits per heavy atom. The summed E-state index contributed by atoms with van der Waals surface area (Å²) in [6.07, 6.45) is 0.986. The zero-order valence-corrected chi connectivity index (χ0v) is 8.68. The second-order valence-electron chi connectivity index (χ2n) is 3.67. The standard InChI is InChI=1S/C11H8O6/c1-3-2-4(12)5-6(7(3)13)9(15)11(17)10(16)8(5)14/h2,14-17H,1H3. The van der Waals surface area contributed by atoms with Gasteiger partial charge in [0.15, 0.2) is 23.1 Å². The topological polar surface area (TPSA) is 115 Å². The number of ketones is 2. The first kappa shape index (κ1) is 11.0.